The van der Waals surface area contributed by atoms with Gasteiger partial charge in [-0.3, -0.25) is 0 Å². The van der Waals surface area contributed by atoms with E-state index >= 15 is 0 Å². The fourth-order valence-corrected chi connectivity index (χ4v) is 2.24. The molecule has 0 aromatic carbocycles. The maximum absolute atomic E-state index is 5.83. The summed E-state index contributed by atoms with van der Waals surface area (Å²) in [5.41, 5.74) is 7.60. The van der Waals surface area contributed by atoms with E-state index in [0.29, 0.717) is 18.4 Å². The summed E-state index contributed by atoms with van der Waals surface area (Å²) in [4.78, 5) is 0. The van der Waals surface area contributed by atoms with Crippen molar-refractivity contribution in [1.29, 1.82) is 0 Å². The summed E-state index contributed by atoms with van der Waals surface area (Å²) >= 11 is 0. The summed E-state index contributed by atoms with van der Waals surface area (Å²) < 4.78 is 1.83. The van der Waals surface area contributed by atoms with E-state index in [0.717, 1.165) is 30.0 Å². The van der Waals surface area contributed by atoms with Crippen molar-refractivity contribution in [2.45, 2.75) is 33.6 Å². The lowest BCUT2D eigenvalue weighted by atomic mass is 9.94. The van der Waals surface area contributed by atoms with Crippen LogP contribution in [-0.2, 0) is 6.42 Å². The molecule has 0 bridgehead atoms. The SMILES string of the molecule is Cc1ccc2nnc(CC(CN)CC(C)C)n2n1. The third-order valence-corrected chi connectivity index (χ3v) is 3.07. The largest absolute Gasteiger partial charge is 0.330 e. The fourth-order valence-electron chi connectivity index (χ4n) is 2.24. The predicted octanol–water partition coefficient (Wildman–Crippen LogP) is 1.60. The van der Waals surface area contributed by atoms with Gasteiger partial charge in [0, 0.05) is 6.42 Å². The second-order valence-electron chi connectivity index (χ2n) is 5.30. The minimum absolute atomic E-state index is 0.444. The highest BCUT2D eigenvalue weighted by Crippen LogP contribution is 2.15. The van der Waals surface area contributed by atoms with Crippen LogP contribution in [-0.4, -0.2) is 26.4 Å². The highest BCUT2D eigenvalue weighted by molar-refractivity contribution is 5.36. The molecule has 0 spiro atoms. The topological polar surface area (TPSA) is 69.1 Å². The van der Waals surface area contributed by atoms with Gasteiger partial charge in [-0.05, 0) is 43.9 Å². The number of nitrogens with zero attached hydrogens (tertiary/aromatic N) is 4. The van der Waals surface area contributed by atoms with Gasteiger partial charge in [-0.1, -0.05) is 13.8 Å². The molecule has 0 aliphatic carbocycles. The molecule has 0 saturated carbocycles. The van der Waals surface area contributed by atoms with Gasteiger partial charge < -0.3 is 5.73 Å². The zero-order valence-electron chi connectivity index (χ0n) is 11.3. The van der Waals surface area contributed by atoms with E-state index in [1.54, 1.807) is 0 Å². The molecule has 2 aromatic heterocycles. The Kier molecular flexibility index (Phi) is 3.91. The van der Waals surface area contributed by atoms with Crippen molar-refractivity contribution in [3.05, 3.63) is 23.7 Å². The Bertz CT molecular complexity index is 517. The minimum Gasteiger partial charge on any atom is -0.330 e. The maximum Gasteiger partial charge on any atom is 0.177 e. The van der Waals surface area contributed by atoms with Crippen molar-refractivity contribution in [3.63, 3.8) is 0 Å². The molecule has 18 heavy (non-hydrogen) atoms. The summed E-state index contributed by atoms with van der Waals surface area (Å²) in [6, 6.07) is 3.89. The molecule has 0 fully saturated rings. The van der Waals surface area contributed by atoms with Gasteiger partial charge in [-0.15, -0.1) is 10.2 Å². The molecule has 2 N–H and O–H groups in total. The summed E-state index contributed by atoms with van der Waals surface area (Å²) in [5.74, 6) is 2.00. The molecule has 2 aromatic rings. The molecule has 5 nitrogen and oxygen atoms in total. The summed E-state index contributed by atoms with van der Waals surface area (Å²) in [5, 5.41) is 12.8. The molecule has 2 heterocycles. The minimum atomic E-state index is 0.444. The second-order valence-corrected chi connectivity index (χ2v) is 5.30. The molecule has 2 rings (SSSR count). The molecule has 0 aliphatic heterocycles. The number of hydrogen-bond acceptors (Lipinski definition) is 4. The molecule has 0 amide bonds. The first-order chi connectivity index (χ1) is 8.60. The Labute approximate surface area is 107 Å². The zero-order valence-corrected chi connectivity index (χ0v) is 11.3. The summed E-state index contributed by atoms with van der Waals surface area (Å²) in [6.07, 6.45) is 1.95. The van der Waals surface area contributed by atoms with E-state index in [1.165, 1.54) is 0 Å². The van der Waals surface area contributed by atoms with Gasteiger partial charge in [0.15, 0.2) is 11.5 Å². The lowest BCUT2D eigenvalue weighted by Gasteiger charge is -2.15. The van der Waals surface area contributed by atoms with Crippen LogP contribution in [0.2, 0.25) is 0 Å². The number of hydrogen-bond donors (Lipinski definition) is 1. The van der Waals surface area contributed by atoms with Crippen LogP contribution in [0.15, 0.2) is 12.1 Å². The van der Waals surface area contributed by atoms with Crippen LogP contribution in [0.1, 0.15) is 31.8 Å². The van der Waals surface area contributed by atoms with Gasteiger partial charge in [-0.2, -0.15) is 9.61 Å². The molecule has 0 aliphatic rings. The van der Waals surface area contributed by atoms with E-state index in [4.69, 9.17) is 5.73 Å². The lowest BCUT2D eigenvalue weighted by molar-refractivity contribution is 0.406. The van der Waals surface area contributed by atoms with E-state index in [-0.39, 0.29) is 0 Å². The quantitative estimate of drug-likeness (QED) is 0.871. The van der Waals surface area contributed by atoms with Gasteiger partial charge in [-0.25, -0.2) is 0 Å². The van der Waals surface area contributed by atoms with Crippen molar-refractivity contribution >= 4 is 5.65 Å². The van der Waals surface area contributed by atoms with Crippen LogP contribution in [0.5, 0.6) is 0 Å². The first-order valence-electron chi connectivity index (χ1n) is 6.48. The van der Waals surface area contributed by atoms with Gasteiger partial charge in [0.1, 0.15) is 0 Å². The van der Waals surface area contributed by atoms with Gasteiger partial charge in [0.05, 0.1) is 5.69 Å². The van der Waals surface area contributed by atoms with Crippen LogP contribution in [0, 0.1) is 18.8 Å². The Morgan fingerprint density at radius 2 is 2.06 bits per heavy atom. The van der Waals surface area contributed by atoms with Gasteiger partial charge >= 0.3 is 0 Å². The van der Waals surface area contributed by atoms with Crippen molar-refractivity contribution in [2.75, 3.05) is 6.54 Å². The van der Waals surface area contributed by atoms with E-state index < -0.39 is 0 Å². The van der Waals surface area contributed by atoms with E-state index in [2.05, 4.69) is 29.1 Å². The average molecular weight is 247 g/mol. The normalized spacial score (nSPS) is 13.4. The molecular weight excluding hydrogens is 226 g/mol. The number of fused-ring (bicyclic) bond motifs is 1. The average Bonchev–Trinajstić information content (AvgIpc) is 2.70. The monoisotopic (exact) mass is 247 g/mol. The van der Waals surface area contributed by atoms with Gasteiger partial charge in [0.25, 0.3) is 0 Å². The lowest BCUT2D eigenvalue weighted by Crippen LogP contribution is -2.20. The molecule has 98 valence electrons. The van der Waals surface area contributed by atoms with Gasteiger partial charge in [0.2, 0.25) is 0 Å². The number of nitrogens with two attached hydrogens (primary N) is 1. The number of aryl methyl sites for hydroxylation is 1. The van der Waals surface area contributed by atoms with Crippen molar-refractivity contribution in [2.24, 2.45) is 17.6 Å². The Balaban J connectivity index is 2.22. The third-order valence-electron chi connectivity index (χ3n) is 3.07. The van der Waals surface area contributed by atoms with Crippen LogP contribution in [0.25, 0.3) is 5.65 Å². The zero-order chi connectivity index (χ0) is 13.1. The van der Waals surface area contributed by atoms with E-state index in [9.17, 15) is 0 Å². The molecule has 0 saturated heterocycles. The Morgan fingerprint density at radius 3 is 2.72 bits per heavy atom. The highest BCUT2D eigenvalue weighted by Gasteiger charge is 2.15. The predicted molar refractivity (Wildman–Crippen MR) is 71.2 cm³/mol. The standard InChI is InChI=1S/C13H21N5/c1-9(2)6-11(8-14)7-13-16-15-12-5-4-10(3)17-18(12)13/h4-5,9,11H,6-8,14H2,1-3H3. The van der Waals surface area contributed by atoms with Crippen molar-refractivity contribution < 1.29 is 0 Å². The smallest absolute Gasteiger partial charge is 0.177 e. The summed E-state index contributed by atoms with van der Waals surface area (Å²) in [6.45, 7) is 7.08. The highest BCUT2D eigenvalue weighted by atomic mass is 15.4. The molecule has 0 radical (unpaired) electrons. The molecule has 1 atom stereocenters. The Hall–Kier alpha value is -1.49. The van der Waals surface area contributed by atoms with Crippen molar-refractivity contribution in [3.8, 4) is 0 Å². The number of rotatable bonds is 5. The molecule has 5 heteroatoms. The van der Waals surface area contributed by atoms with Crippen LogP contribution < -0.4 is 5.73 Å². The molecular formula is C13H21N5. The molecule has 1 unspecified atom stereocenters. The maximum atomic E-state index is 5.83. The summed E-state index contributed by atoms with van der Waals surface area (Å²) in [7, 11) is 0. The van der Waals surface area contributed by atoms with Crippen molar-refractivity contribution in [1.82, 2.24) is 19.8 Å². The first-order valence-corrected chi connectivity index (χ1v) is 6.48. The third kappa shape index (κ3) is 2.85. The van der Waals surface area contributed by atoms with E-state index in [1.807, 2.05) is 23.6 Å². The van der Waals surface area contributed by atoms with Crippen LogP contribution in [0.3, 0.4) is 0 Å². The second kappa shape index (κ2) is 5.44. The fraction of sp³-hybridized carbons (Fsp3) is 0.615. The van der Waals surface area contributed by atoms with Crippen LogP contribution >= 0.6 is 0 Å². The number of aromatic nitrogens is 4. The first kappa shape index (κ1) is 13.0. The van der Waals surface area contributed by atoms with Crippen LogP contribution in [0.4, 0.5) is 0 Å². The Morgan fingerprint density at radius 1 is 1.28 bits per heavy atom.